The zero-order valence-electron chi connectivity index (χ0n) is 10.2. The van der Waals surface area contributed by atoms with Crippen molar-refractivity contribution in [2.75, 3.05) is 18.1 Å². The molecule has 0 saturated carbocycles. The average molecular weight is 251 g/mol. The lowest BCUT2D eigenvalue weighted by Crippen LogP contribution is -2.40. The molecule has 0 radical (unpaired) electrons. The molecule has 0 aliphatic carbocycles. The topological polar surface area (TPSA) is 79.5 Å². The summed E-state index contributed by atoms with van der Waals surface area (Å²) in [6.45, 7) is 0.912. The number of rotatable bonds is 4. The Kier molecular flexibility index (Phi) is 4.09. The minimum atomic E-state index is -0.396. The number of aromatic nitrogens is 1. The number of aliphatic hydroxyl groups excluding tert-OH is 1. The molecule has 6 heteroatoms. The fraction of sp³-hybridized carbons (Fsp3) is 0.583. The summed E-state index contributed by atoms with van der Waals surface area (Å²) in [5.41, 5.74) is 0.662. The largest absolute Gasteiger partial charge is 0.396 e. The van der Waals surface area contributed by atoms with E-state index in [1.165, 1.54) is 6.20 Å². The van der Waals surface area contributed by atoms with Gasteiger partial charge in [0.15, 0.2) is 0 Å². The lowest BCUT2D eigenvalue weighted by atomic mass is 9.98. The summed E-state index contributed by atoms with van der Waals surface area (Å²) in [6.07, 6.45) is 6.63. The molecule has 0 spiro atoms. The molecule has 18 heavy (non-hydrogen) atoms. The molecule has 1 aromatic rings. The molecule has 1 aromatic heterocycles. The summed E-state index contributed by atoms with van der Waals surface area (Å²) in [7, 11) is 0. The molecule has 1 fully saturated rings. The number of piperidine rings is 1. The van der Waals surface area contributed by atoms with E-state index in [0.29, 0.717) is 12.1 Å². The van der Waals surface area contributed by atoms with Gasteiger partial charge in [-0.15, -0.1) is 0 Å². The standard InChI is InChI=1S/C12H17N3O3/c16-8-5-10-3-1-2-7-14(10)11-4-6-13-9-12(11)15(17)18/h4,6,9-10,16H,1-3,5,7-8H2. The molecule has 1 saturated heterocycles. The van der Waals surface area contributed by atoms with E-state index in [-0.39, 0.29) is 18.3 Å². The van der Waals surface area contributed by atoms with Crippen molar-refractivity contribution in [3.63, 3.8) is 0 Å². The minimum absolute atomic E-state index is 0.0438. The van der Waals surface area contributed by atoms with Gasteiger partial charge in [-0.25, -0.2) is 0 Å². The molecule has 0 aromatic carbocycles. The van der Waals surface area contributed by atoms with Crippen LogP contribution in [-0.4, -0.2) is 34.2 Å². The van der Waals surface area contributed by atoms with Gasteiger partial charge >= 0.3 is 5.69 Å². The average Bonchev–Trinajstić information content (AvgIpc) is 2.40. The van der Waals surface area contributed by atoms with E-state index < -0.39 is 4.92 Å². The van der Waals surface area contributed by atoms with Crippen molar-refractivity contribution in [3.8, 4) is 0 Å². The van der Waals surface area contributed by atoms with Crippen molar-refractivity contribution < 1.29 is 10.0 Å². The van der Waals surface area contributed by atoms with Gasteiger partial charge in [0, 0.05) is 25.4 Å². The number of anilines is 1. The van der Waals surface area contributed by atoms with Crippen molar-refractivity contribution >= 4 is 11.4 Å². The summed E-state index contributed by atoms with van der Waals surface area (Å²) >= 11 is 0. The number of pyridine rings is 1. The van der Waals surface area contributed by atoms with Crippen LogP contribution in [0.2, 0.25) is 0 Å². The summed E-state index contributed by atoms with van der Waals surface area (Å²) in [5.74, 6) is 0. The minimum Gasteiger partial charge on any atom is -0.396 e. The molecule has 98 valence electrons. The SMILES string of the molecule is O=[N+]([O-])c1cnccc1N1CCCCC1CCO. The number of nitro groups is 1. The van der Waals surface area contributed by atoms with Crippen molar-refractivity contribution in [1.82, 2.24) is 4.98 Å². The molecule has 1 aliphatic rings. The Morgan fingerprint density at radius 1 is 1.56 bits per heavy atom. The van der Waals surface area contributed by atoms with Gasteiger partial charge in [0.05, 0.1) is 4.92 Å². The van der Waals surface area contributed by atoms with Crippen LogP contribution in [0.5, 0.6) is 0 Å². The molecule has 1 N–H and O–H groups in total. The van der Waals surface area contributed by atoms with E-state index in [1.54, 1.807) is 12.3 Å². The van der Waals surface area contributed by atoms with E-state index in [9.17, 15) is 10.1 Å². The molecule has 6 nitrogen and oxygen atoms in total. The highest BCUT2D eigenvalue weighted by Crippen LogP contribution is 2.32. The molecule has 2 heterocycles. The fourth-order valence-corrected chi connectivity index (χ4v) is 2.53. The summed E-state index contributed by atoms with van der Waals surface area (Å²) in [6, 6.07) is 1.87. The third-order valence-electron chi connectivity index (χ3n) is 3.37. The highest BCUT2D eigenvalue weighted by molar-refractivity contribution is 5.62. The zero-order valence-corrected chi connectivity index (χ0v) is 10.2. The van der Waals surface area contributed by atoms with Crippen molar-refractivity contribution in [1.29, 1.82) is 0 Å². The van der Waals surface area contributed by atoms with Crippen LogP contribution in [0, 0.1) is 10.1 Å². The van der Waals surface area contributed by atoms with Gasteiger partial charge in [-0.05, 0) is 31.7 Å². The Hall–Kier alpha value is -1.69. The van der Waals surface area contributed by atoms with E-state index in [2.05, 4.69) is 4.98 Å². The van der Waals surface area contributed by atoms with Crippen molar-refractivity contribution in [3.05, 3.63) is 28.6 Å². The van der Waals surface area contributed by atoms with E-state index in [1.807, 2.05) is 4.90 Å². The highest BCUT2D eigenvalue weighted by atomic mass is 16.6. The third kappa shape index (κ3) is 2.59. The van der Waals surface area contributed by atoms with E-state index >= 15 is 0 Å². The van der Waals surface area contributed by atoms with Gasteiger partial charge in [-0.1, -0.05) is 0 Å². The molecular weight excluding hydrogens is 234 g/mol. The summed E-state index contributed by atoms with van der Waals surface area (Å²) < 4.78 is 0. The maximum Gasteiger partial charge on any atom is 0.310 e. The Balaban J connectivity index is 2.30. The van der Waals surface area contributed by atoms with Crippen LogP contribution in [0.1, 0.15) is 25.7 Å². The number of hydrogen-bond acceptors (Lipinski definition) is 5. The van der Waals surface area contributed by atoms with Crippen LogP contribution in [0.15, 0.2) is 18.5 Å². The normalized spacial score (nSPS) is 19.8. The number of hydrogen-bond donors (Lipinski definition) is 1. The Morgan fingerprint density at radius 3 is 3.11 bits per heavy atom. The Labute approximate surface area is 105 Å². The molecule has 0 amide bonds. The first kappa shape index (κ1) is 12.8. The molecule has 1 atom stereocenters. The van der Waals surface area contributed by atoms with Crippen LogP contribution in [-0.2, 0) is 0 Å². The summed E-state index contributed by atoms with van der Waals surface area (Å²) in [5, 5.41) is 20.1. The number of aliphatic hydroxyl groups is 1. The van der Waals surface area contributed by atoms with Crippen molar-refractivity contribution in [2.24, 2.45) is 0 Å². The predicted octanol–water partition coefficient (Wildman–Crippen LogP) is 1.73. The van der Waals surface area contributed by atoms with E-state index in [4.69, 9.17) is 5.11 Å². The predicted molar refractivity (Wildman–Crippen MR) is 67.6 cm³/mol. The van der Waals surface area contributed by atoms with Crippen LogP contribution < -0.4 is 4.90 Å². The molecule has 1 unspecified atom stereocenters. The fourth-order valence-electron chi connectivity index (χ4n) is 2.53. The zero-order chi connectivity index (χ0) is 13.0. The maximum absolute atomic E-state index is 11.0. The molecule has 0 bridgehead atoms. The lowest BCUT2D eigenvalue weighted by molar-refractivity contribution is -0.384. The van der Waals surface area contributed by atoms with Gasteiger partial charge in [0.25, 0.3) is 0 Å². The second-order valence-corrected chi connectivity index (χ2v) is 4.48. The monoisotopic (exact) mass is 251 g/mol. The van der Waals surface area contributed by atoms with Gasteiger partial charge in [-0.3, -0.25) is 15.1 Å². The molecular formula is C12H17N3O3. The second kappa shape index (κ2) is 5.77. The van der Waals surface area contributed by atoms with Crippen LogP contribution in [0.4, 0.5) is 11.4 Å². The van der Waals surface area contributed by atoms with Gasteiger partial charge in [0.1, 0.15) is 11.9 Å². The second-order valence-electron chi connectivity index (χ2n) is 4.48. The third-order valence-corrected chi connectivity index (χ3v) is 3.37. The van der Waals surface area contributed by atoms with Gasteiger partial charge in [0.2, 0.25) is 0 Å². The first-order valence-corrected chi connectivity index (χ1v) is 6.20. The number of nitrogens with zero attached hydrogens (tertiary/aromatic N) is 3. The Bertz CT molecular complexity index is 423. The first-order chi connectivity index (χ1) is 8.74. The quantitative estimate of drug-likeness (QED) is 0.651. The smallest absolute Gasteiger partial charge is 0.310 e. The lowest BCUT2D eigenvalue weighted by Gasteiger charge is -2.36. The van der Waals surface area contributed by atoms with Crippen LogP contribution >= 0.6 is 0 Å². The van der Waals surface area contributed by atoms with Gasteiger partial charge in [-0.2, -0.15) is 0 Å². The van der Waals surface area contributed by atoms with E-state index in [0.717, 1.165) is 25.8 Å². The van der Waals surface area contributed by atoms with Crippen LogP contribution in [0.25, 0.3) is 0 Å². The summed E-state index contributed by atoms with van der Waals surface area (Å²) in [4.78, 5) is 16.5. The van der Waals surface area contributed by atoms with Crippen molar-refractivity contribution in [2.45, 2.75) is 31.7 Å². The molecule has 2 rings (SSSR count). The Morgan fingerprint density at radius 2 is 2.39 bits per heavy atom. The first-order valence-electron chi connectivity index (χ1n) is 6.20. The van der Waals surface area contributed by atoms with Gasteiger partial charge < -0.3 is 10.0 Å². The van der Waals surface area contributed by atoms with Crippen LogP contribution in [0.3, 0.4) is 0 Å². The molecule has 1 aliphatic heterocycles. The highest BCUT2D eigenvalue weighted by Gasteiger charge is 2.27. The maximum atomic E-state index is 11.0.